The van der Waals surface area contributed by atoms with Gasteiger partial charge in [-0.3, -0.25) is 9.10 Å². The first-order valence-corrected chi connectivity index (χ1v) is 11.7. The number of amides is 1. The van der Waals surface area contributed by atoms with Crippen molar-refractivity contribution < 1.29 is 23.1 Å². The molecule has 172 valence electrons. The number of hydrazone groups is 1. The van der Waals surface area contributed by atoms with Crippen LogP contribution in [0.1, 0.15) is 12.5 Å². The summed E-state index contributed by atoms with van der Waals surface area (Å²) < 4.78 is 33.1. The fraction of sp³-hybridized carbons (Fsp3) is 0.130. The lowest BCUT2D eigenvalue weighted by Crippen LogP contribution is -2.39. The van der Waals surface area contributed by atoms with E-state index in [4.69, 9.17) is 16.3 Å². The molecule has 10 heteroatoms. The molecule has 0 saturated carbocycles. The first kappa shape index (κ1) is 24.1. The maximum atomic E-state index is 13.4. The van der Waals surface area contributed by atoms with Crippen LogP contribution in [0.15, 0.2) is 82.8 Å². The van der Waals surface area contributed by atoms with E-state index < -0.39 is 22.5 Å². The Labute approximate surface area is 197 Å². The van der Waals surface area contributed by atoms with E-state index in [9.17, 15) is 18.3 Å². The number of nitrogens with zero attached hydrogens (tertiary/aromatic N) is 2. The number of ether oxygens (including phenoxy) is 1. The van der Waals surface area contributed by atoms with Crippen molar-refractivity contribution in [1.82, 2.24) is 5.43 Å². The summed E-state index contributed by atoms with van der Waals surface area (Å²) in [6.45, 7) is 1.74. The maximum Gasteiger partial charge on any atom is 0.264 e. The molecular formula is C23H22ClN3O5S. The van der Waals surface area contributed by atoms with Gasteiger partial charge >= 0.3 is 0 Å². The van der Waals surface area contributed by atoms with Gasteiger partial charge in [-0.05, 0) is 67.6 Å². The van der Waals surface area contributed by atoms with E-state index in [-0.39, 0.29) is 16.3 Å². The minimum Gasteiger partial charge on any atom is -0.507 e. The number of phenols is 1. The molecule has 3 aromatic rings. The Kier molecular flexibility index (Phi) is 7.92. The summed E-state index contributed by atoms with van der Waals surface area (Å²) in [5.41, 5.74) is 2.94. The fourth-order valence-electron chi connectivity index (χ4n) is 2.86. The largest absolute Gasteiger partial charge is 0.507 e. The van der Waals surface area contributed by atoms with Crippen LogP contribution in [0.4, 0.5) is 5.69 Å². The van der Waals surface area contributed by atoms with Crippen molar-refractivity contribution in [2.24, 2.45) is 5.10 Å². The molecule has 2 N–H and O–H groups in total. The van der Waals surface area contributed by atoms with Gasteiger partial charge in [0.2, 0.25) is 0 Å². The smallest absolute Gasteiger partial charge is 0.264 e. The number of para-hydroxylation sites is 1. The predicted octanol–water partition coefficient (Wildman–Crippen LogP) is 3.79. The molecule has 3 rings (SSSR count). The Hall–Kier alpha value is -3.56. The van der Waals surface area contributed by atoms with Gasteiger partial charge in [0.1, 0.15) is 18.0 Å². The number of carbonyl (C=O) groups is 1. The van der Waals surface area contributed by atoms with Gasteiger partial charge in [-0.15, -0.1) is 0 Å². The van der Waals surface area contributed by atoms with Gasteiger partial charge in [0.05, 0.1) is 23.4 Å². The molecule has 0 aromatic heterocycles. The van der Waals surface area contributed by atoms with Crippen LogP contribution in [-0.2, 0) is 14.8 Å². The van der Waals surface area contributed by atoms with Gasteiger partial charge in [-0.25, -0.2) is 13.8 Å². The fourth-order valence-corrected chi connectivity index (χ4v) is 4.41. The van der Waals surface area contributed by atoms with Crippen LogP contribution >= 0.6 is 11.6 Å². The van der Waals surface area contributed by atoms with Crippen LogP contribution in [0.25, 0.3) is 0 Å². The molecule has 0 bridgehead atoms. The monoisotopic (exact) mass is 487 g/mol. The normalized spacial score (nSPS) is 11.3. The van der Waals surface area contributed by atoms with E-state index in [0.29, 0.717) is 22.9 Å². The van der Waals surface area contributed by atoms with Crippen LogP contribution in [0.5, 0.6) is 11.5 Å². The number of halogens is 1. The third kappa shape index (κ3) is 6.24. The molecule has 0 aliphatic heterocycles. The summed E-state index contributed by atoms with van der Waals surface area (Å²) in [7, 11) is -4.10. The third-order valence-electron chi connectivity index (χ3n) is 4.45. The molecule has 0 aliphatic carbocycles. The number of rotatable bonds is 9. The van der Waals surface area contributed by atoms with Gasteiger partial charge in [0.15, 0.2) is 0 Å². The second-order valence-corrected chi connectivity index (χ2v) is 9.04. The number of aromatic hydroxyl groups is 1. The molecule has 0 saturated heterocycles. The summed E-state index contributed by atoms with van der Waals surface area (Å²) in [4.78, 5) is 12.5. The highest BCUT2D eigenvalue weighted by Gasteiger charge is 2.27. The highest BCUT2D eigenvalue weighted by molar-refractivity contribution is 7.92. The summed E-state index contributed by atoms with van der Waals surface area (Å²) >= 11 is 5.94. The lowest BCUT2D eigenvalue weighted by atomic mass is 10.2. The first-order valence-electron chi connectivity index (χ1n) is 9.92. The summed E-state index contributed by atoms with van der Waals surface area (Å²) in [5, 5.41) is 14.0. The second-order valence-electron chi connectivity index (χ2n) is 6.74. The molecular weight excluding hydrogens is 466 g/mol. The number of sulfonamides is 1. The van der Waals surface area contributed by atoms with E-state index in [1.54, 1.807) is 30.3 Å². The zero-order chi connectivity index (χ0) is 23.8. The Balaban J connectivity index is 1.84. The highest BCUT2D eigenvalue weighted by atomic mass is 35.5. The van der Waals surface area contributed by atoms with E-state index >= 15 is 0 Å². The van der Waals surface area contributed by atoms with Crippen molar-refractivity contribution in [2.45, 2.75) is 11.8 Å². The van der Waals surface area contributed by atoms with Crippen molar-refractivity contribution in [2.75, 3.05) is 17.5 Å². The quantitative estimate of drug-likeness (QED) is 0.352. The maximum absolute atomic E-state index is 13.4. The van der Waals surface area contributed by atoms with Gasteiger partial charge in [-0.1, -0.05) is 23.7 Å². The second kappa shape index (κ2) is 10.8. The predicted molar refractivity (Wildman–Crippen MR) is 127 cm³/mol. The van der Waals surface area contributed by atoms with Crippen LogP contribution in [-0.4, -0.2) is 38.8 Å². The molecule has 1 amide bonds. The van der Waals surface area contributed by atoms with E-state index in [1.807, 2.05) is 6.92 Å². The minimum absolute atomic E-state index is 0.00336. The summed E-state index contributed by atoms with van der Waals surface area (Å²) in [5.74, 6) is -0.145. The molecule has 33 heavy (non-hydrogen) atoms. The first-order chi connectivity index (χ1) is 15.8. The lowest BCUT2D eigenvalue weighted by molar-refractivity contribution is -0.119. The summed E-state index contributed by atoms with van der Waals surface area (Å²) in [6, 6.07) is 18.5. The Morgan fingerprint density at radius 2 is 1.76 bits per heavy atom. The van der Waals surface area contributed by atoms with Crippen LogP contribution < -0.4 is 14.5 Å². The standard InChI is InChI=1S/C23H22ClN3O5S/c1-2-32-20-11-13-21(14-12-20)33(30,31)27(19-9-7-18(24)8-10-19)16-23(29)26-25-15-17-5-3-4-6-22(17)28/h3-15,28H,2,16H2,1H3,(H,26,29)/b25-15+. The average molecular weight is 488 g/mol. The number of benzene rings is 3. The lowest BCUT2D eigenvalue weighted by Gasteiger charge is -2.23. The van der Waals surface area contributed by atoms with Gasteiger partial charge < -0.3 is 9.84 Å². The van der Waals surface area contributed by atoms with Crippen molar-refractivity contribution >= 4 is 39.4 Å². The number of anilines is 1. The van der Waals surface area contributed by atoms with Crippen LogP contribution in [0.3, 0.4) is 0 Å². The van der Waals surface area contributed by atoms with Crippen molar-refractivity contribution in [3.05, 3.63) is 83.4 Å². The van der Waals surface area contributed by atoms with Crippen molar-refractivity contribution in [3.8, 4) is 11.5 Å². The van der Waals surface area contributed by atoms with Gasteiger partial charge in [0, 0.05) is 10.6 Å². The number of hydrogen-bond acceptors (Lipinski definition) is 6. The van der Waals surface area contributed by atoms with Crippen molar-refractivity contribution in [3.63, 3.8) is 0 Å². The Morgan fingerprint density at radius 1 is 1.09 bits per heavy atom. The van der Waals surface area contributed by atoms with E-state index in [2.05, 4.69) is 10.5 Å². The Morgan fingerprint density at radius 3 is 2.39 bits per heavy atom. The number of phenolic OH excluding ortho intramolecular Hbond substituents is 1. The van der Waals surface area contributed by atoms with Gasteiger partial charge in [0.25, 0.3) is 15.9 Å². The Bertz CT molecular complexity index is 1230. The highest BCUT2D eigenvalue weighted by Crippen LogP contribution is 2.26. The van der Waals surface area contributed by atoms with Crippen LogP contribution in [0, 0.1) is 0 Å². The molecule has 0 fully saturated rings. The van der Waals surface area contributed by atoms with E-state index in [1.165, 1.54) is 48.7 Å². The zero-order valence-electron chi connectivity index (χ0n) is 17.7. The minimum atomic E-state index is -4.10. The summed E-state index contributed by atoms with van der Waals surface area (Å²) in [6.07, 6.45) is 1.26. The molecule has 8 nitrogen and oxygen atoms in total. The van der Waals surface area contributed by atoms with Crippen molar-refractivity contribution in [1.29, 1.82) is 0 Å². The molecule has 0 unspecified atom stereocenters. The molecule has 0 radical (unpaired) electrons. The molecule has 0 spiro atoms. The van der Waals surface area contributed by atoms with E-state index in [0.717, 1.165) is 4.31 Å². The number of nitrogens with one attached hydrogen (secondary N) is 1. The molecule has 3 aromatic carbocycles. The third-order valence-corrected chi connectivity index (χ3v) is 6.49. The topological polar surface area (TPSA) is 108 Å². The number of carbonyl (C=O) groups excluding carboxylic acids is 1. The average Bonchev–Trinajstić information content (AvgIpc) is 2.80. The molecule has 0 aliphatic rings. The van der Waals surface area contributed by atoms with Crippen LogP contribution in [0.2, 0.25) is 5.02 Å². The SMILES string of the molecule is CCOc1ccc(S(=O)(=O)N(CC(=O)N/N=C/c2ccccc2O)c2ccc(Cl)cc2)cc1. The van der Waals surface area contributed by atoms with Gasteiger partial charge in [-0.2, -0.15) is 5.10 Å². The number of hydrogen-bond donors (Lipinski definition) is 2. The molecule has 0 heterocycles. The molecule has 0 atom stereocenters. The zero-order valence-corrected chi connectivity index (χ0v) is 19.3.